The van der Waals surface area contributed by atoms with E-state index < -0.39 is 0 Å². The predicted molar refractivity (Wildman–Crippen MR) is 103 cm³/mol. The molecule has 6 heteroatoms. The number of urea groups is 1. The minimum atomic E-state index is -0.0512. The standard InChI is InChI=1S/C20H29N3O2S/c24-17-8-9-20(22-17)10-12-23(13-11-20)19(25)21-18(16-7-4-14-26-16)15-5-2-1-3-6-15/h4,7,14-15,18H,1-3,5-6,8-13H2,(H,21,25)(H,22,24)/t18-/m0/s1. The molecular formula is C20H29N3O2S. The molecule has 1 saturated carbocycles. The number of piperidine rings is 1. The molecule has 3 fully saturated rings. The number of carbonyl (C=O) groups is 2. The quantitative estimate of drug-likeness (QED) is 0.843. The summed E-state index contributed by atoms with van der Waals surface area (Å²) < 4.78 is 0. The lowest BCUT2D eigenvalue weighted by Gasteiger charge is -2.40. The first kappa shape index (κ1) is 17.8. The Balaban J connectivity index is 1.38. The van der Waals surface area contributed by atoms with Gasteiger partial charge in [0, 0.05) is 29.9 Å². The van der Waals surface area contributed by atoms with Gasteiger partial charge in [-0.05, 0) is 49.5 Å². The summed E-state index contributed by atoms with van der Waals surface area (Å²) in [4.78, 5) is 27.8. The Morgan fingerprint density at radius 2 is 2.00 bits per heavy atom. The van der Waals surface area contributed by atoms with Gasteiger partial charge in [-0.25, -0.2) is 4.79 Å². The number of likely N-dealkylation sites (tertiary alicyclic amines) is 1. The van der Waals surface area contributed by atoms with E-state index in [1.54, 1.807) is 11.3 Å². The van der Waals surface area contributed by atoms with Crippen LogP contribution in [0.5, 0.6) is 0 Å². The number of rotatable bonds is 3. The molecule has 2 N–H and O–H groups in total. The maximum Gasteiger partial charge on any atom is 0.317 e. The zero-order valence-electron chi connectivity index (χ0n) is 15.3. The molecule has 0 unspecified atom stereocenters. The Labute approximate surface area is 159 Å². The molecule has 1 atom stereocenters. The summed E-state index contributed by atoms with van der Waals surface area (Å²) in [5, 5.41) is 8.61. The van der Waals surface area contributed by atoms with Crippen LogP contribution in [0.3, 0.4) is 0 Å². The van der Waals surface area contributed by atoms with Crippen LogP contribution in [-0.4, -0.2) is 35.5 Å². The van der Waals surface area contributed by atoms with Gasteiger partial charge >= 0.3 is 6.03 Å². The molecule has 0 radical (unpaired) electrons. The third-order valence-corrected chi connectivity index (χ3v) is 7.45. The van der Waals surface area contributed by atoms with E-state index in [0.717, 1.165) is 32.4 Å². The van der Waals surface area contributed by atoms with Crippen LogP contribution in [0.25, 0.3) is 0 Å². The lowest BCUT2D eigenvalue weighted by molar-refractivity contribution is -0.120. The Hall–Kier alpha value is -1.56. The second-order valence-corrected chi connectivity index (χ2v) is 9.14. The normalized spacial score (nSPS) is 24.5. The molecule has 26 heavy (non-hydrogen) atoms. The maximum atomic E-state index is 12.9. The number of hydrogen-bond donors (Lipinski definition) is 2. The maximum absolute atomic E-state index is 12.9. The third kappa shape index (κ3) is 3.75. The van der Waals surface area contributed by atoms with Crippen LogP contribution in [0, 0.1) is 5.92 Å². The zero-order valence-corrected chi connectivity index (χ0v) is 16.2. The van der Waals surface area contributed by atoms with Crippen molar-refractivity contribution in [1.82, 2.24) is 15.5 Å². The highest BCUT2D eigenvalue weighted by molar-refractivity contribution is 7.10. The molecule has 4 rings (SSSR count). The molecule has 2 aliphatic heterocycles. The van der Waals surface area contributed by atoms with Gasteiger partial charge in [0.2, 0.25) is 5.91 Å². The van der Waals surface area contributed by atoms with Gasteiger partial charge < -0.3 is 15.5 Å². The summed E-state index contributed by atoms with van der Waals surface area (Å²) in [6.45, 7) is 1.46. The fraction of sp³-hybridized carbons (Fsp3) is 0.700. The molecule has 1 spiro atoms. The summed E-state index contributed by atoms with van der Waals surface area (Å²) in [6.07, 6.45) is 9.58. The molecule has 1 aromatic rings. The lowest BCUT2D eigenvalue weighted by Crippen LogP contribution is -2.54. The van der Waals surface area contributed by atoms with Crippen molar-refractivity contribution in [2.45, 2.75) is 69.4 Å². The molecule has 5 nitrogen and oxygen atoms in total. The van der Waals surface area contributed by atoms with Crippen molar-refractivity contribution in [2.75, 3.05) is 13.1 Å². The number of carbonyl (C=O) groups excluding carboxylic acids is 2. The van der Waals surface area contributed by atoms with Crippen LogP contribution in [0.2, 0.25) is 0 Å². The molecule has 1 aliphatic carbocycles. The fourth-order valence-corrected chi connectivity index (χ4v) is 5.74. The van der Waals surface area contributed by atoms with E-state index in [0.29, 0.717) is 12.3 Å². The average Bonchev–Trinajstić information content (AvgIpc) is 3.31. The third-order valence-electron chi connectivity index (χ3n) is 6.49. The highest BCUT2D eigenvalue weighted by Gasteiger charge is 2.41. The first-order valence-electron chi connectivity index (χ1n) is 10.1. The highest BCUT2D eigenvalue weighted by atomic mass is 32.1. The van der Waals surface area contributed by atoms with E-state index >= 15 is 0 Å². The SMILES string of the molecule is O=C1CCC2(CCN(C(=O)N[C@H](c3cccs3)C3CCCCC3)CC2)N1. The molecule has 142 valence electrons. The zero-order chi connectivity index (χ0) is 18.0. The van der Waals surface area contributed by atoms with Crippen molar-refractivity contribution in [3.05, 3.63) is 22.4 Å². The van der Waals surface area contributed by atoms with Gasteiger partial charge in [-0.2, -0.15) is 0 Å². The average molecular weight is 376 g/mol. The van der Waals surface area contributed by atoms with E-state index in [2.05, 4.69) is 28.1 Å². The number of nitrogens with one attached hydrogen (secondary N) is 2. The van der Waals surface area contributed by atoms with Crippen molar-refractivity contribution in [3.63, 3.8) is 0 Å². The summed E-state index contributed by atoms with van der Waals surface area (Å²) in [7, 11) is 0. The molecule has 2 saturated heterocycles. The van der Waals surface area contributed by atoms with Gasteiger partial charge in [-0.1, -0.05) is 25.3 Å². The van der Waals surface area contributed by atoms with E-state index in [1.807, 2.05) is 4.90 Å². The van der Waals surface area contributed by atoms with Gasteiger partial charge in [-0.3, -0.25) is 4.79 Å². The summed E-state index contributed by atoms with van der Waals surface area (Å²) in [5.41, 5.74) is -0.0512. The molecule has 3 heterocycles. The number of nitrogens with zero attached hydrogens (tertiary/aromatic N) is 1. The van der Waals surface area contributed by atoms with Gasteiger partial charge in [-0.15, -0.1) is 11.3 Å². The van der Waals surface area contributed by atoms with E-state index in [4.69, 9.17) is 0 Å². The van der Waals surface area contributed by atoms with Crippen LogP contribution in [0.15, 0.2) is 17.5 Å². The Bertz CT molecular complexity index is 631. The molecule has 3 aliphatic rings. The molecular weight excluding hydrogens is 346 g/mol. The van der Waals surface area contributed by atoms with E-state index in [1.165, 1.54) is 37.0 Å². The van der Waals surface area contributed by atoms with Gasteiger partial charge in [0.15, 0.2) is 0 Å². The molecule has 0 bridgehead atoms. The topological polar surface area (TPSA) is 61.4 Å². The largest absolute Gasteiger partial charge is 0.351 e. The second kappa shape index (κ2) is 7.59. The number of amides is 3. The summed E-state index contributed by atoms with van der Waals surface area (Å²) >= 11 is 1.75. The second-order valence-electron chi connectivity index (χ2n) is 8.16. The van der Waals surface area contributed by atoms with Crippen molar-refractivity contribution in [3.8, 4) is 0 Å². The monoisotopic (exact) mass is 375 g/mol. The predicted octanol–water partition coefficient (Wildman–Crippen LogP) is 3.82. The van der Waals surface area contributed by atoms with Crippen LogP contribution >= 0.6 is 11.3 Å². The van der Waals surface area contributed by atoms with Crippen molar-refractivity contribution in [2.24, 2.45) is 5.92 Å². The lowest BCUT2D eigenvalue weighted by atomic mass is 9.83. The first-order valence-corrected chi connectivity index (χ1v) is 10.9. The van der Waals surface area contributed by atoms with Gasteiger partial charge in [0.25, 0.3) is 0 Å². The van der Waals surface area contributed by atoms with E-state index in [-0.39, 0.29) is 23.5 Å². The molecule has 3 amide bonds. The minimum absolute atomic E-state index is 0.0512. The highest BCUT2D eigenvalue weighted by Crippen LogP contribution is 2.37. The van der Waals surface area contributed by atoms with Crippen LogP contribution in [0.4, 0.5) is 4.79 Å². The van der Waals surface area contributed by atoms with Crippen LogP contribution in [0.1, 0.15) is 68.7 Å². The van der Waals surface area contributed by atoms with E-state index in [9.17, 15) is 9.59 Å². The fourth-order valence-electron chi connectivity index (χ4n) is 4.87. The van der Waals surface area contributed by atoms with Gasteiger partial charge in [0.05, 0.1) is 6.04 Å². The Morgan fingerprint density at radius 3 is 2.62 bits per heavy atom. The minimum Gasteiger partial charge on any atom is -0.351 e. The van der Waals surface area contributed by atoms with Crippen LogP contribution < -0.4 is 10.6 Å². The summed E-state index contributed by atoms with van der Waals surface area (Å²) in [5.74, 6) is 0.717. The number of hydrogen-bond acceptors (Lipinski definition) is 3. The number of thiophene rings is 1. The van der Waals surface area contributed by atoms with Crippen molar-refractivity contribution < 1.29 is 9.59 Å². The van der Waals surface area contributed by atoms with Gasteiger partial charge in [0.1, 0.15) is 0 Å². The Morgan fingerprint density at radius 1 is 1.23 bits per heavy atom. The molecule has 0 aromatic carbocycles. The summed E-state index contributed by atoms with van der Waals surface area (Å²) in [6, 6.07) is 4.44. The smallest absolute Gasteiger partial charge is 0.317 e. The van der Waals surface area contributed by atoms with Crippen LogP contribution in [-0.2, 0) is 4.79 Å². The van der Waals surface area contributed by atoms with Crippen molar-refractivity contribution >= 4 is 23.3 Å². The van der Waals surface area contributed by atoms with Crippen molar-refractivity contribution in [1.29, 1.82) is 0 Å². The Kier molecular flexibility index (Phi) is 5.20. The first-order chi connectivity index (χ1) is 12.7. The molecule has 1 aromatic heterocycles.